The molecule has 0 fully saturated rings. The molecule has 0 atom stereocenters. The van der Waals surface area contributed by atoms with E-state index in [1.54, 1.807) is 0 Å². The molecule has 3 heteroatoms. The van der Waals surface area contributed by atoms with Gasteiger partial charge in [-0.3, -0.25) is 4.79 Å². The quantitative estimate of drug-likeness (QED) is 0.0679. The van der Waals surface area contributed by atoms with Gasteiger partial charge < -0.3 is 9.47 Å². The van der Waals surface area contributed by atoms with Gasteiger partial charge in [-0.2, -0.15) is 0 Å². The lowest BCUT2D eigenvalue weighted by atomic mass is 10.0. The first kappa shape index (κ1) is 31.6. The van der Waals surface area contributed by atoms with Gasteiger partial charge in [0.05, 0.1) is 13.0 Å². The molecule has 0 spiro atoms. The van der Waals surface area contributed by atoms with Crippen LogP contribution in [0.5, 0.6) is 5.75 Å². The van der Waals surface area contributed by atoms with Crippen molar-refractivity contribution in [2.24, 2.45) is 0 Å². The van der Waals surface area contributed by atoms with E-state index in [1.165, 1.54) is 92.7 Å². The zero-order valence-corrected chi connectivity index (χ0v) is 24.6. The van der Waals surface area contributed by atoms with Gasteiger partial charge >= 0.3 is 0 Å². The molecule has 0 unspecified atom stereocenters. The van der Waals surface area contributed by atoms with E-state index in [9.17, 15) is 0 Å². The van der Waals surface area contributed by atoms with Gasteiger partial charge in [-0.1, -0.05) is 131 Å². The Bertz CT molecular complexity index is 1010. The molecule has 0 radical (unpaired) electrons. The molecule has 3 aromatic rings. The molecule has 0 heterocycles. The van der Waals surface area contributed by atoms with Crippen molar-refractivity contribution < 1.29 is 14.3 Å². The number of unbranched alkanes of at least 4 members (excludes halogenated alkanes) is 12. The second kappa shape index (κ2) is 20.9. The molecule has 0 saturated heterocycles. The average molecular weight is 544 g/mol. The summed E-state index contributed by atoms with van der Waals surface area (Å²) in [7, 11) is 0. The number of benzene rings is 3. The van der Waals surface area contributed by atoms with Crippen LogP contribution in [0.25, 0.3) is 0 Å². The topological polar surface area (TPSA) is 39.9 Å². The Kier molecular flexibility index (Phi) is 16.5. The van der Waals surface area contributed by atoms with Crippen molar-refractivity contribution in [1.29, 1.82) is 0 Å². The van der Waals surface area contributed by atoms with E-state index in [1.807, 2.05) is 0 Å². The molecule has 0 saturated carbocycles. The normalized spacial score (nSPS) is 11.0. The monoisotopic (exact) mass is 543 g/mol. The number of ether oxygens (including phenoxy) is 2. The maximum absolute atomic E-state index is 8.66. The van der Waals surface area contributed by atoms with Gasteiger partial charge in [0, 0.05) is 6.61 Å². The van der Waals surface area contributed by atoms with Crippen molar-refractivity contribution in [3.8, 4) is 5.75 Å². The third-order valence-electron chi connectivity index (χ3n) is 7.47. The Hall–Kier alpha value is -2.91. The summed E-state index contributed by atoms with van der Waals surface area (Å²) in [5.41, 5.74) is 5.32. The summed E-state index contributed by atoms with van der Waals surface area (Å²) < 4.78 is 11.6. The van der Waals surface area contributed by atoms with Crippen molar-refractivity contribution in [2.75, 3.05) is 19.8 Å². The van der Waals surface area contributed by atoms with Gasteiger partial charge in [-0.15, -0.1) is 0 Å². The van der Waals surface area contributed by atoms with Crippen LogP contribution >= 0.6 is 0 Å². The van der Waals surface area contributed by atoms with Crippen LogP contribution in [0.1, 0.15) is 106 Å². The average Bonchev–Trinajstić information content (AvgIpc) is 2.99. The maximum atomic E-state index is 8.66. The summed E-state index contributed by atoms with van der Waals surface area (Å²) >= 11 is 0. The zero-order valence-electron chi connectivity index (χ0n) is 24.6. The van der Waals surface area contributed by atoms with Crippen LogP contribution in [0.4, 0.5) is 0 Å². The van der Waals surface area contributed by atoms with Gasteiger partial charge in [0.2, 0.25) is 0 Å². The van der Waals surface area contributed by atoms with Crippen LogP contribution in [-0.4, -0.2) is 30.9 Å². The molecule has 0 aliphatic rings. The second-order valence-electron chi connectivity index (χ2n) is 11.0. The lowest BCUT2D eigenvalue weighted by Crippen LogP contribution is -2.07. The van der Waals surface area contributed by atoms with E-state index < -0.39 is 0 Å². The Balaban J connectivity index is 1.13. The van der Waals surface area contributed by atoms with Gasteiger partial charge in [0.25, 0.3) is 6.29 Å². The SMILES string of the molecule is [OH+]=CCCCCCCCCCCCCCCOCCOc1ccc(Cc2ccc(Cc3ccccc3)cc2)cc1. The number of carbonyl (C=O) groups excluding carboxylic acids is 1. The van der Waals surface area contributed by atoms with Crippen LogP contribution < -0.4 is 4.74 Å². The van der Waals surface area contributed by atoms with Crippen LogP contribution in [0.15, 0.2) is 78.9 Å². The number of aldehydes is 1. The van der Waals surface area contributed by atoms with Crippen molar-refractivity contribution in [1.82, 2.24) is 0 Å². The highest BCUT2D eigenvalue weighted by Crippen LogP contribution is 2.17. The standard InChI is InChI=1S/C37H50O3/c38-27-15-10-8-6-4-2-1-3-5-7-9-11-16-28-39-29-30-40-37-25-23-36(24-26-37)32-35-21-19-34(20-22-35)31-33-17-13-12-14-18-33/h12-14,17-27H,1-11,15-16,28-32H2/p+1. The minimum absolute atomic E-state index is 0.599. The van der Waals surface area contributed by atoms with Crippen LogP contribution in [0.2, 0.25) is 0 Å². The number of hydrogen-bond donors (Lipinski definition) is 0. The molecular weight excluding hydrogens is 492 g/mol. The lowest BCUT2D eigenvalue weighted by Gasteiger charge is -2.09. The number of hydrogen-bond acceptors (Lipinski definition) is 2. The van der Waals surface area contributed by atoms with Crippen molar-refractivity contribution in [3.05, 3.63) is 101 Å². The summed E-state index contributed by atoms with van der Waals surface area (Å²) in [6.07, 6.45) is 19.7. The molecule has 0 aromatic heterocycles. The fourth-order valence-electron chi connectivity index (χ4n) is 5.07. The summed E-state index contributed by atoms with van der Waals surface area (Å²) in [5, 5.41) is 0. The van der Waals surface area contributed by atoms with E-state index in [2.05, 4.69) is 78.9 Å². The molecule has 216 valence electrons. The molecule has 0 aliphatic carbocycles. The molecule has 3 aromatic carbocycles. The Morgan fingerprint density at radius 1 is 0.450 bits per heavy atom. The van der Waals surface area contributed by atoms with Crippen LogP contribution in [0, 0.1) is 0 Å². The highest BCUT2D eigenvalue weighted by Gasteiger charge is 2.01. The van der Waals surface area contributed by atoms with E-state index in [-0.39, 0.29) is 0 Å². The summed E-state index contributed by atoms with van der Waals surface area (Å²) in [4.78, 5) is 8.66. The zero-order chi connectivity index (χ0) is 27.9. The van der Waals surface area contributed by atoms with Gasteiger partial charge in [-0.05, 0) is 60.1 Å². The summed E-state index contributed by atoms with van der Waals surface area (Å²) in [5.74, 6) is 0.908. The highest BCUT2D eigenvalue weighted by molar-refractivity contribution is 5.50. The first-order valence-corrected chi connectivity index (χ1v) is 15.7. The van der Waals surface area contributed by atoms with Gasteiger partial charge in [0.15, 0.2) is 0 Å². The molecule has 0 amide bonds. The molecule has 1 N–H and O–H groups in total. The first-order valence-electron chi connectivity index (χ1n) is 15.7. The highest BCUT2D eigenvalue weighted by atomic mass is 16.5. The Morgan fingerprint density at radius 3 is 1.43 bits per heavy atom. The third-order valence-corrected chi connectivity index (χ3v) is 7.47. The van der Waals surface area contributed by atoms with Gasteiger partial charge in [-0.25, -0.2) is 0 Å². The van der Waals surface area contributed by atoms with E-state index in [0.717, 1.165) is 44.5 Å². The fourth-order valence-corrected chi connectivity index (χ4v) is 5.07. The number of rotatable bonds is 23. The molecule has 40 heavy (non-hydrogen) atoms. The maximum Gasteiger partial charge on any atom is 0.281 e. The van der Waals surface area contributed by atoms with Crippen molar-refractivity contribution in [3.63, 3.8) is 0 Å². The lowest BCUT2D eigenvalue weighted by molar-refractivity contribution is 0.0970. The minimum atomic E-state index is 0.599. The summed E-state index contributed by atoms with van der Waals surface area (Å²) in [6.45, 7) is 2.08. The Morgan fingerprint density at radius 2 is 0.900 bits per heavy atom. The van der Waals surface area contributed by atoms with Crippen molar-refractivity contribution >= 4 is 6.29 Å². The van der Waals surface area contributed by atoms with Crippen LogP contribution in [0.3, 0.4) is 0 Å². The molecule has 0 bridgehead atoms. The predicted molar refractivity (Wildman–Crippen MR) is 169 cm³/mol. The largest absolute Gasteiger partial charge is 0.491 e. The molecule has 0 aliphatic heterocycles. The van der Waals surface area contributed by atoms with Gasteiger partial charge in [0.1, 0.15) is 12.4 Å². The second-order valence-corrected chi connectivity index (χ2v) is 11.0. The molecule has 3 nitrogen and oxygen atoms in total. The van der Waals surface area contributed by atoms with Crippen molar-refractivity contribution in [2.45, 2.75) is 96.3 Å². The molecular formula is C37H51O3+. The predicted octanol–water partition coefficient (Wildman–Crippen LogP) is 9.51. The fraction of sp³-hybridized carbons (Fsp3) is 0.486. The minimum Gasteiger partial charge on any atom is -0.491 e. The van der Waals surface area contributed by atoms with Crippen LogP contribution in [-0.2, 0) is 17.6 Å². The first-order chi connectivity index (χ1) is 19.8. The summed E-state index contributed by atoms with van der Waals surface area (Å²) in [6, 6.07) is 28.0. The molecule has 3 rings (SSSR count). The third kappa shape index (κ3) is 14.5. The van der Waals surface area contributed by atoms with E-state index in [4.69, 9.17) is 14.3 Å². The smallest absolute Gasteiger partial charge is 0.281 e. The Labute approximate surface area is 243 Å². The van der Waals surface area contributed by atoms with E-state index in [0.29, 0.717) is 13.2 Å². The van der Waals surface area contributed by atoms with E-state index >= 15 is 0 Å².